The van der Waals surface area contributed by atoms with Crippen LogP contribution in [-0.4, -0.2) is 39.9 Å². The Bertz CT molecular complexity index is 925. The van der Waals surface area contributed by atoms with Gasteiger partial charge in [0.2, 0.25) is 5.89 Å². The average Bonchev–Trinajstić information content (AvgIpc) is 3.29. The predicted octanol–water partition coefficient (Wildman–Crippen LogP) is 2.89. The van der Waals surface area contributed by atoms with E-state index in [1.165, 1.54) is 0 Å². The van der Waals surface area contributed by atoms with Gasteiger partial charge in [0.25, 0.3) is 5.91 Å². The number of hydrogen-bond donors (Lipinski definition) is 1. The molecule has 0 unspecified atom stereocenters. The summed E-state index contributed by atoms with van der Waals surface area (Å²) >= 11 is 0. The molecule has 1 spiro atoms. The van der Waals surface area contributed by atoms with E-state index in [9.17, 15) is 14.4 Å². The van der Waals surface area contributed by atoms with Crippen molar-refractivity contribution in [3.63, 3.8) is 0 Å². The maximum absolute atomic E-state index is 12.9. The largest absolute Gasteiger partial charge is 0.454 e. The number of nitrogens with one attached hydrogen (secondary N) is 1. The summed E-state index contributed by atoms with van der Waals surface area (Å²) in [6, 6.07) is 8.90. The van der Waals surface area contributed by atoms with Crippen molar-refractivity contribution in [2.75, 3.05) is 6.54 Å². The fourth-order valence-corrected chi connectivity index (χ4v) is 4.07. The van der Waals surface area contributed by atoms with E-state index in [0.29, 0.717) is 12.2 Å². The lowest BCUT2D eigenvalue weighted by Crippen LogP contribution is -2.54. The molecule has 1 N–H and O–H groups in total. The maximum Gasteiger partial charge on any atom is 0.326 e. The molecule has 152 valence electrons. The van der Waals surface area contributed by atoms with E-state index in [1.807, 2.05) is 37.3 Å². The molecular formula is C21H23N3O5. The van der Waals surface area contributed by atoms with E-state index in [4.69, 9.17) is 9.15 Å². The summed E-state index contributed by atoms with van der Waals surface area (Å²) in [6.45, 7) is 1.37. The number of benzene rings is 1. The first-order valence-corrected chi connectivity index (χ1v) is 9.79. The van der Waals surface area contributed by atoms with Crippen molar-refractivity contribution in [2.24, 2.45) is 5.92 Å². The minimum absolute atomic E-state index is 0.0393. The second-order valence-corrected chi connectivity index (χ2v) is 7.58. The number of esters is 1. The zero-order valence-electron chi connectivity index (χ0n) is 16.2. The fourth-order valence-electron chi connectivity index (χ4n) is 4.07. The quantitative estimate of drug-likeness (QED) is 0.615. The molecule has 2 aromatic rings. The number of aromatic nitrogens is 1. The lowest BCUT2D eigenvalue weighted by molar-refractivity contribution is -0.150. The molecule has 1 aromatic heterocycles. The van der Waals surface area contributed by atoms with Crippen LogP contribution in [0.5, 0.6) is 0 Å². The number of hydrogen-bond acceptors (Lipinski definition) is 6. The van der Waals surface area contributed by atoms with E-state index in [-0.39, 0.29) is 24.3 Å². The van der Waals surface area contributed by atoms with Gasteiger partial charge in [0, 0.05) is 5.56 Å². The van der Waals surface area contributed by atoms with Crippen molar-refractivity contribution in [1.82, 2.24) is 15.2 Å². The van der Waals surface area contributed by atoms with Gasteiger partial charge in [0.05, 0.1) is 6.20 Å². The van der Waals surface area contributed by atoms with Crippen LogP contribution >= 0.6 is 0 Å². The van der Waals surface area contributed by atoms with Crippen LogP contribution in [0, 0.1) is 5.92 Å². The van der Waals surface area contributed by atoms with E-state index >= 15 is 0 Å². The van der Waals surface area contributed by atoms with Crippen molar-refractivity contribution in [2.45, 2.75) is 44.8 Å². The van der Waals surface area contributed by atoms with E-state index < -0.39 is 24.1 Å². The molecular weight excluding hydrogens is 374 g/mol. The molecule has 2 atom stereocenters. The number of rotatable bonds is 5. The van der Waals surface area contributed by atoms with Gasteiger partial charge < -0.3 is 14.5 Å². The van der Waals surface area contributed by atoms with Gasteiger partial charge in [-0.25, -0.2) is 9.78 Å². The van der Waals surface area contributed by atoms with Gasteiger partial charge in [-0.15, -0.1) is 0 Å². The second kappa shape index (κ2) is 7.69. The lowest BCUT2D eigenvalue weighted by Gasteiger charge is -2.36. The minimum Gasteiger partial charge on any atom is -0.454 e. The first-order chi connectivity index (χ1) is 14.0. The van der Waals surface area contributed by atoms with Gasteiger partial charge >= 0.3 is 12.0 Å². The Kier molecular flexibility index (Phi) is 5.08. The molecule has 0 radical (unpaired) electrons. The molecule has 1 saturated heterocycles. The molecule has 1 saturated carbocycles. The number of carbonyl (C=O) groups is 3. The topological polar surface area (TPSA) is 102 Å². The van der Waals surface area contributed by atoms with Gasteiger partial charge in [0.15, 0.2) is 12.4 Å². The first-order valence-electron chi connectivity index (χ1n) is 9.79. The molecule has 8 nitrogen and oxygen atoms in total. The lowest BCUT2D eigenvalue weighted by atomic mass is 9.73. The van der Waals surface area contributed by atoms with Crippen LogP contribution in [0.2, 0.25) is 0 Å². The normalized spacial score (nSPS) is 24.0. The van der Waals surface area contributed by atoms with Gasteiger partial charge in [0.1, 0.15) is 12.1 Å². The van der Waals surface area contributed by atoms with Crippen LogP contribution < -0.4 is 5.32 Å². The monoisotopic (exact) mass is 397 g/mol. The Balaban J connectivity index is 1.35. The third-order valence-electron chi connectivity index (χ3n) is 5.76. The fraction of sp³-hybridized carbons (Fsp3) is 0.429. The molecule has 8 heteroatoms. The summed E-state index contributed by atoms with van der Waals surface area (Å²) in [5.41, 5.74) is -0.0215. The van der Waals surface area contributed by atoms with Crippen LogP contribution in [0.1, 0.15) is 38.5 Å². The summed E-state index contributed by atoms with van der Waals surface area (Å²) in [4.78, 5) is 42.5. The Morgan fingerprint density at radius 2 is 2.10 bits per heavy atom. The third kappa shape index (κ3) is 3.62. The smallest absolute Gasteiger partial charge is 0.326 e. The molecule has 1 aromatic carbocycles. The highest BCUT2D eigenvalue weighted by atomic mass is 16.5. The Labute approximate surface area is 168 Å². The standard InChI is InChI=1S/C21H23N3O5/c1-14-7-5-6-10-21(14)19(26)24(20(27)23-21)12-18(25)28-13-17-22-11-16(29-17)15-8-3-2-4-9-15/h2-4,8-9,11,14H,5-7,10,12-13H2,1H3,(H,23,27)/t14-,21-/m0/s1. The van der Waals surface area contributed by atoms with Gasteiger partial charge in [-0.3, -0.25) is 14.5 Å². The van der Waals surface area contributed by atoms with Crippen LogP contribution in [0.3, 0.4) is 0 Å². The van der Waals surface area contributed by atoms with Gasteiger partial charge in [-0.1, -0.05) is 50.1 Å². The zero-order chi connectivity index (χ0) is 20.4. The van der Waals surface area contributed by atoms with Crippen molar-refractivity contribution in [3.8, 4) is 11.3 Å². The number of carbonyl (C=O) groups excluding carboxylic acids is 3. The SMILES string of the molecule is C[C@H]1CCCC[C@]12NC(=O)N(CC(=O)OCc1ncc(-c3ccccc3)o1)C2=O. The number of urea groups is 1. The molecule has 4 rings (SSSR count). The van der Waals surface area contributed by atoms with E-state index in [0.717, 1.165) is 29.7 Å². The van der Waals surface area contributed by atoms with Crippen molar-refractivity contribution < 1.29 is 23.5 Å². The van der Waals surface area contributed by atoms with Crippen molar-refractivity contribution >= 4 is 17.9 Å². The molecule has 0 bridgehead atoms. The summed E-state index contributed by atoms with van der Waals surface area (Å²) in [7, 11) is 0. The first kappa shape index (κ1) is 19.2. The number of ether oxygens (including phenoxy) is 1. The Hall–Kier alpha value is -3.16. The highest BCUT2D eigenvalue weighted by molar-refractivity contribution is 6.08. The number of amides is 3. The maximum atomic E-state index is 12.9. The van der Waals surface area contributed by atoms with E-state index in [1.54, 1.807) is 6.20 Å². The Morgan fingerprint density at radius 3 is 2.86 bits per heavy atom. The van der Waals surface area contributed by atoms with Crippen molar-refractivity contribution in [3.05, 3.63) is 42.4 Å². The van der Waals surface area contributed by atoms with Crippen LogP contribution in [0.15, 0.2) is 40.9 Å². The zero-order valence-corrected chi connectivity index (χ0v) is 16.2. The van der Waals surface area contributed by atoms with E-state index in [2.05, 4.69) is 10.3 Å². The predicted molar refractivity (Wildman–Crippen MR) is 102 cm³/mol. The van der Waals surface area contributed by atoms with Gasteiger partial charge in [-0.2, -0.15) is 0 Å². The van der Waals surface area contributed by atoms with Gasteiger partial charge in [-0.05, 0) is 18.8 Å². The minimum atomic E-state index is -0.886. The third-order valence-corrected chi connectivity index (χ3v) is 5.76. The molecule has 3 amide bonds. The highest BCUT2D eigenvalue weighted by Crippen LogP contribution is 2.38. The molecule has 2 heterocycles. The highest BCUT2D eigenvalue weighted by Gasteiger charge is 2.55. The molecule has 29 heavy (non-hydrogen) atoms. The molecule has 1 aliphatic heterocycles. The number of nitrogens with zero attached hydrogens (tertiary/aromatic N) is 2. The second-order valence-electron chi connectivity index (χ2n) is 7.58. The Morgan fingerprint density at radius 1 is 1.31 bits per heavy atom. The van der Waals surface area contributed by atoms with Crippen molar-refractivity contribution in [1.29, 1.82) is 0 Å². The molecule has 2 aliphatic rings. The summed E-state index contributed by atoms with van der Waals surface area (Å²) < 4.78 is 10.8. The molecule has 1 aliphatic carbocycles. The van der Waals surface area contributed by atoms with Crippen LogP contribution in [-0.2, 0) is 20.9 Å². The average molecular weight is 397 g/mol. The summed E-state index contributed by atoms with van der Waals surface area (Å²) in [6.07, 6.45) is 4.95. The molecule has 2 fully saturated rings. The summed E-state index contributed by atoms with van der Waals surface area (Å²) in [5.74, 6) is -0.175. The van der Waals surface area contributed by atoms with Crippen LogP contribution in [0.25, 0.3) is 11.3 Å². The number of oxazole rings is 1. The number of imide groups is 1. The summed E-state index contributed by atoms with van der Waals surface area (Å²) in [5, 5.41) is 2.82. The van der Waals surface area contributed by atoms with Crippen LogP contribution in [0.4, 0.5) is 4.79 Å².